The molecule has 52 valence electrons. The van der Waals surface area contributed by atoms with Crippen LogP contribution in [0.5, 0.6) is 0 Å². The Morgan fingerprint density at radius 2 is 2.44 bits per heavy atom. The molecule has 9 heavy (non-hydrogen) atoms. The van der Waals surface area contributed by atoms with Gasteiger partial charge in [0.15, 0.2) is 0 Å². The third-order valence-electron chi connectivity index (χ3n) is 1.14. The van der Waals surface area contributed by atoms with E-state index in [0.717, 1.165) is 6.42 Å². The average Bonchev–Trinajstić information content (AvgIpc) is 1.91. The van der Waals surface area contributed by atoms with E-state index < -0.39 is 0 Å². The van der Waals surface area contributed by atoms with Crippen LogP contribution in [0.15, 0.2) is 5.11 Å². The van der Waals surface area contributed by atoms with Crippen LogP contribution in [0.3, 0.4) is 0 Å². The normalized spacial score (nSPS) is 12.2. The predicted molar refractivity (Wildman–Crippen MR) is 35.1 cm³/mol. The molecule has 4 heteroatoms. The van der Waals surface area contributed by atoms with Crippen molar-refractivity contribution in [2.75, 3.05) is 13.7 Å². The minimum atomic E-state index is 0.0842. The van der Waals surface area contributed by atoms with Crippen LogP contribution >= 0.6 is 0 Å². The van der Waals surface area contributed by atoms with E-state index in [1.165, 1.54) is 0 Å². The number of nitrogens with zero attached hydrogens (tertiary/aromatic N) is 3. The highest BCUT2D eigenvalue weighted by Crippen LogP contribution is 1.95. The van der Waals surface area contributed by atoms with Crippen LogP contribution in [0.1, 0.15) is 13.3 Å². The molecule has 0 aromatic carbocycles. The van der Waals surface area contributed by atoms with Crippen LogP contribution in [-0.2, 0) is 4.74 Å². The highest BCUT2D eigenvalue weighted by Gasteiger charge is 1.99. The number of hydrogen-bond donors (Lipinski definition) is 0. The first-order valence-corrected chi connectivity index (χ1v) is 2.88. The van der Waals surface area contributed by atoms with Gasteiger partial charge < -0.3 is 4.74 Å². The SMILES string of the molecule is CC[C@H](CN=[N+]=[N-])OC. The Morgan fingerprint density at radius 3 is 2.78 bits per heavy atom. The predicted octanol–water partition coefficient (Wildman–Crippen LogP) is 1.72. The molecule has 0 heterocycles. The number of azide groups is 1. The summed E-state index contributed by atoms with van der Waals surface area (Å²) in [5, 5.41) is 3.37. The van der Waals surface area contributed by atoms with E-state index in [1.54, 1.807) is 7.11 Å². The van der Waals surface area contributed by atoms with Crippen molar-refractivity contribution >= 4 is 0 Å². The fourth-order valence-electron chi connectivity index (χ4n) is 0.498. The Bertz CT molecular complexity index is 105. The topological polar surface area (TPSA) is 58.0 Å². The van der Waals surface area contributed by atoms with Crippen molar-refractivity contribution < 1.29 is 4.74 Å². The minimum absolute atomic E-state index is 0.0842. The summed E-state index contributed by atoms with van der Waals surface area (Å²) in [5.41, 5.74) is 7.91. The van der Waals surface area contributed by atoms with Crippen molar-refractivity contribution in [2.24, 2.45) is 5.11 Å². The van der Waals surface area contributed by atoms with Crippen LogP contribution in [0.25, 0.3) is 10.4 Å². The maximum Gasteiger partial charge on any atom is 0.0625 e. The zero-order valence-electron chi connectivity index (χ0n) is 5.74. The number of ether oxygens (including phenoxy) is 1. The second-order valence-electron chi connectivity index (χ2n) is 1.68. The Kier molecular flexibility index (Phi) is 4.97. The highest BCUT2D eigenvalue weighted by atomic mass is 16.5. The molecule has 1 atom stereocenters. The van der Waals surface area contributed by atoms with Gasteiger partial charge in [-0.2, -0.15) is 0 Å². The van der Waals surface area contributed by atoms with Crippen molar-refractivity contribution in [1.29, 1.82) is 0 Å². The fraction of sp³-hybridized carbons (Fsp3) is 1.00. The summed E-state index contributed by atoms with van der Waals surface area (Å²) in [6.07, 6.45) is 0.969. The zero-order chi connectivity index (χ0) is 7.11. The molecule has 0 aliphatic carbocycles. The molecular formula is C5H11N3O. The van der Waals surface area contributed by atoms with E-state index in [0.29, 0.717) is 6.54 Å². The molecule has 0 spiro atoms. The van der Waals surface area contributed by atoms with Gasteiger partial charge in [0.25, 0.3) is 0 Å². The number of rotatable bonds is 4. The van der Waals surface area contributed by atoms with Gasteiger partial charge in [0.1, 0.15) is 0 Å². The van der Waals surface area contributed by atoms with Gasteiger partial charge >= 0.3 is 0 Å². The molecule has 0 fully saturated rings. The first-order chi connectivity index (χ1) is 4.35. The lowest BCUT2D eigenvalue weighted by molar-refractivity contribution is 0.106. The van der Waals surface area contributed by atoms with Gasteiger partial charge in [-0.1, -0.05) is 12.0 Å². The molecule has 0 aliphatic heterocycles. The molecule has 0 aromatic rings. The maximum atomic E-state index is 7.91. The van der Waals surface area contributed by atoms with E-state index in [1.807, 2.05) is 6.92 Å². The highest BCUT2D eigenvalue weighted by molar-refractivity contribution is 4.57. The van der Waals surface area contributed by atoms with E-state index in [4.69, 9.17) is 10.3 Å². The summed E-state index contributed by atoms with van der Waals surface area (Å²) >= 11 is 0. The summed E-state index contributed by atoms with van der Waals surface area (Å²) in [6, 6.07) is 0. The molecule has 0 bridgehead atoms. The van der Waals surface area contributed by atoms with E-state index in [-0.39, 0.29) is 6.10 Å². The van der Waals surface area contributed by atoms with Crippen LogP contribution in [0, 0.1) is 0 Å². The lowest BCUT2D eigenvalue weighted by Gasteiger charge is -2.07. The van der Waals surface area contributed by atoms with Crippen molar-refractivity contribution in [3.63, 3.8) is 0 Å². The second-order valence-corrected chi connectivity index (χ2v) is 1.68. The van der Waals surface area contributed by atoms with Crippen molar-refractivity contribution in [3.05, 3.63) is 10.4 Å². The summed E-state index contributed by atoms with van der Waals surface area (Å²) in [4.78, 5) is 2.62. The molecule has 4 nitrogen and oxygen atoms in total. The van der Waals surface area contributed by atoms with Crippen LogP contribution in [0.4, 0.5) is 0 Å². The summed E-state index contributed by atoms with van der Waals surface area (Å²) < 4.78 is 4.94. The van der Waals surface area contributed by atoms with Crippen molar-refractivity contribution in [2.45, 2.75) is 19.4 Å². The molecule has 0 radical (unpaired) electrons. The Hall–Kier alpha value is -0.730. The van der Waals surface area contributed by atoms with E-state index in [2.05, 4.69) is 10.0 Å². The average molecular weight is 129 g/mol. The lowest BCUT2D eigenvalue weighted by atomic mass is 10.3. The smallest absolute Gasteiger partial charge is 0.0625 e. The number of hydrogen-bond acceptors (Lipinski definition) is 2. The molecular weight excluding hydrogens is 118 g/mol. The van der Waals surface area contributed by atoms with Crippen LogP contribution in [0.2, 0.25) is 0 Å². The second kappa shape index (κ2) is 5.41. The molecule has 0 saturated heterocycles. The number of methoxy groups -OCH3 is 1. The molecule has 0 rings (SSSR count). The standard InChI is InChI=1S/C5H11N3O/c1-3-5(9-2)4-7-8-6/h5H,3-4H2,1-2H3/t5-/m1/s1. The molecule has 0 aliphatic rings. The van der Waals surface area contributed by atoms with Gasteiger partial charge in [-0.05, 0) is 12.0 Å². The van der Waals surface area contributed by atoms with Gasteiger partial charge in [0.2, 0.25) is 0 Å². The van der Waals surface area contributed by atoms with Crippen LogP contribution in [-0.4, -0.2) is 19.8 Å². The maximum absolute atomic E-state index is 7.91. The van der Waals surface area contributed by atoms with Gasteiger partial charge in [-0.25, -0.2) is 0 Å². The molecule has 0 amide bonds. The van der Waals surface area contributed by atoms with Gasteiger partial charge in [-0.15, -0.1) is 0 Å². The van der Waals surface area contributed by atoms with E-state index in [9.17, 15) is 0 Å². The summed E-state index contributed by atoms with van der Waals surface area (Å²) in [5.74, 6) is 0. The third-order valence-corrected chi connectivity index (χ3v) is 1.14. The summed E-state index contributed by atoms with van der Waals surface area (Å²) in [6.45, 7) is 2.42. The minimum Gasteiger partial charge on any atom is -0.381 e. The molecule has 0 saturated carbocycles. The Morgan fingerprint density at radius 1 is 1.78 bits per heavy atom. The summed E-state index contributed by atoms with van der Waals surface area (Å²) in [7, 11) is 1.61. The van der Waals surface area contributed by atoms with Gasteiger partial charge in [0.05, 0.1) is 12.6 Å². The molecule has 0 aromatic heterocycles. The lowest BCUT2D eigenvalue weighted by Crippen LogP contribution is -2.11. The fourth-order valence-corrected chi connectivity index (χ4v) is 0.498. The van der Waals surface area contributed by atoms with E-state index >= 15 is 0 Å². The quantitative estimate of drug-likeness (QED) is 0.324. The van der Waals surface area contributed by atoms with Crippen LogP contribution < -0.4 is 0 Å². The first-order valence-electron chi connectivity index (χ1n) is 2.88. The first kappa shape index (κ1) is 8.27. The Labute approximate surface area is 54.4 Å². The van der Waals surface area contributed by atoms with Crippen molar-refractivity contribution in [1.82, 2.24) is 0 Å². The largest absolute Gasteiger partial charge is 0.381 e. The zero-order valence-corrected chi connectivity index (χ0v) is 5.74. The molecule has 0 unspecified atom stereocenters. The van der Waals surface area contributed by atoms with Gasteiger partial charge in [-0.3, -0.25) is 0 Å². The Balaban J connectivity index is 3.42. The molecule has 0 N–H and O–H groups in total. The van der Waals surface area contributed by atoms with Gasteiger partial charge in [0, 0.05) is 12.0 Å². The van der Waals surface area contributed by atoms with Crippen molar-refractivity contribution in [3.8, 4) is 0 Å². The third kappa shape index (κ3) is 3.82. The monoisotopic (exact) mass is 129 g/mol.